The summed E-state index contributed by atoms with van der Waals surface area (Å²) < 4.78 is 18.9. The maximum absolute atomic E-state index is 13.6. The van der Waals surface area contributed by atoms with Gasteiger partial charge >= 0.3 is 0 Å². The van der Waals surface area contributed by atoms with Crippen molar-refractivity contribution in [3.63, 3.8) is 0 Å². The van der Waals surface area contributed by atoms with Crippen LogP contribution in [0.25, 0.3) is 0 Å². The van der Waals surface area contributed by atoms with E-state index < -0.39 is 16.3 Å². The van der Waals surface area contributed by atoms with Crippen LogP contribution in [0.4, 0.5) is 10.1 Å². The molecule has 0 radical (unpaired) electrons. The van der Waals surface area contributed by atoms with E-state index in [0.717, 1.165) is 12.1 Å². The summed E-state index contributed by atoms with van der Waals surface area (Å²) in [6.45, 7) is 1.26. The monoisotopic (exact) mass is 240 g/mol. The zero-order chi connectivity index (χ0) is 12.5. The molecular weight excluding hydrogens is 227 g/mol. The van der Waals surface area contributed by atoms with Gasteiger partial charge in [0.15, 0.2) is 0 Å². The SMILES string of the molecule is COC1(Cc2cc([N+](=O)[O-])ccc2F)CNC1. The van der Waals surface area contributed by atoms with Gasteiger partial charge in [0.2, 0.25) is 0 Å². The fraction of sp³-hybridized carbons (Fsp3) is 0.455. The van der Waals surface area contributed by atoms with E-state index in [-0.39, 0.29) is 5.69 Å². The van der Waals surface area contributed by atoms with E-state index in [0.29, 0.717) is 25.1 Å². The van der Waals surface area contributed by atoms with Crippen LogP contribution in [0.3, 0.4) is 0 Å². The number of methoxy groups -OCH3 is 1. The Morgan fingerprint density at radius 2 is 2.29 bits per heavy atom. The molecule has 5 nitrogen and oxygen atoms in total. The van der Waals surface area contributed by atoms with Crippen LogP contribution in [0.15, 0.2) is 18.2 Å². The number of nitrogens with zero attached hydrogens (tertiary/aromatic N) is 1. The van der Waals surface area contributed by atoms with Crippen LogP contribution in [-0.2, 0) is 11.2 Å². The molecule has 0 spiro atoms. The predicted molar refractivity (Wildman–Crippen MR) is 59.4 cm³/mol. The van der Waals surface area contributed by atoms with Gasteiger partial charge in [-0.2, -0.15) is 0 Å². The third-order valence-corrected chi connectivity index (χ3v) is 3.08. The molecule has 1 aromatic carbocycles. The first-order valence-electron chi connectivity index (χ1n) is 5.25. The number of hydrogen-bond acceptors (Lipinski definition) is 4. The smallest absolute Gasteiger partial charge is 0.269 e. The molecule has 0 unspecified atom stereocenters. The first-order valence-corrected chi connectivity index (χ1v) is 5.25. The lowest BCUT2D eigenvalue weighted by Crippen LogP contribution is -2.62. The van der Waals surface area contributed by atoms with Gasteiger partial charge in [0.25, 0.3) is 5.69 Å². The van der Waals surface area contributed by atoms with Crippen molar-refractivity contribution in [3.8, 4) is 0 Å². The molecule has 0 saturated carbocycles. The van der Waals surface area contributed by atoms with E-state index in [1.807, 2.05) is 0 Å². The van der Waals surface area contributed by atoms with Crippen molar-refractivity contribution in [3.05, 3.63) is 39.7 Å². The number of non-ortho nitro benzene ring substituents is 1. The quantitative estimate of drug-likeness (QED) is 0.635. The lowest BCUT2D eigenvalue weighted by atomic mass is 9.88. The van der Waals surface area contributed by atoms with Gasteiger partial charge in [-0.1, -0.05) is 0 Å². The molecule has 17 heavy (non-hydrogen) atoms. The Morgan fingerprint density at radius 3 is 2.76 bits per heavy atom. The minimum atomic E-state index is -0.526. The molecule has 1 saturated heterocycles. The Bertz CT molecular complexity index is 441. The van der Waals surface area contributed by atoms with Crippen LogP contribution in [-0.4, -0.2) is 30.7 Å². The number of halogens is 1. The van der Waals surface area contributed by atoms with Gasteiger partial charge in [-0.25, -0.2) is 4.39 Å². The topological polar surface area (TPSA) is 64.4 Å². The fourth-order valence-electron chi connectivity index (χ4n) is 1.90. The van der Waals surface area contributed by atoms with Crippen molar-refractivity contribution in [2.45, 2.75) is 12.0 Å². The molecule has 0 bridgehead atoms. The number of hydrogen-bond donors (Lipinski definition) is 1. The number of nitro benzene ring substituents is 1. The Kier molecular flexibility index (Phi) is 3.08. The van der Waals surface area contributed by atoms with Crippen molar-refractivity contribution in [1.29, 1.82) is 0 Å². The molecule has 1 aliphatic rings. The molecule has 1 N–H and O–H groups in total. The van der Waals surface area contributed by atoms with E-state index >= 15 is 0 Å². The first-order chi connectivity index (χ1) is 8.06. The molecule has 0 aromatic heterocycles. The zero-order valence-electron chi connectivity index (χ0n) is 9.40. The molecule has 1 aliphatic heterocycles. The largest absolute Gasteiger partial charge is 0.375 e. The third kappa shape index (κ3) is 2.27. The summed E-state index contributed by atoms with van der Waals surface area (Å²) in [6.07, 6.45) is 0.337. The van der Waals surface area contributed by atoms with Gasteiger partial charge in [-0.3, -0.25) is 10.1 Å². The first kappa shape index (κ1) is 11.9. The molecule has 0 atom stereocenters. The van der Waals surface area contributed by atoms with Crippen LogP contribution in [0, 0.1) is 15.9 Å². The van der Waals surface area contributed by atoms with Crippen molar-refractivity contribution < 1.29 is 14.1 Å². The fourth-order valence-corrected chi connectivity index (χ4v) is 1.90. The molecule has 0 amide bonds. The van der Waals surface area contributed by atoms with Crippen molar-refractivity contribution in [1.82, 2.24) is 5.32 Å². The van der Waals surface area contributed by atoms with E-state index in [1.54, 1.807) is 7.11 Å². The number of ether oxygens (including phenoxy) is 1. The van der Waals surface area contributed by atoms with Gasteiger partial charge in [0.05, 0.1) is 10.5 Å². The van der Waals surface area contributed by atoms with Crippen LogP contribution in [0.2, 0.25) is 0 Å². The van der Waals surface area contributed by atoms with Gasteiger partial charge in [0.1, 0.15) is 5.82 Å². The minimum Gasteiger partial charge on any atom is -0.375 e. The Balaban J connectivity index is 2.25. The minimum absolute atomic E-state index is 0.0973. The van der Waals surface area contributed by atoms with Crippen molar-refractivity contribution >= 4 is 5.69 Å². The zero-order valence-corrected chi connectivity index (χ0v) is 9.40. The predicted octanol–water partition coefficient (Wildman–Crippen LogP) is 1.26. The second-order valence-corrected chi connectivity index (χ2v) is 4.20. The highest BCUT2D eigenvalue weighted by Gasteiger charge is 2.37. The average Bonchev–Trinajstić information content (AvgIpc) is 2.25. The number of nitro groups is 1. The maximum atomic E-state index is 13.6. The van der Waals surface area contributed by atoms with E-state index in [4.69, 9.17) is 4.74 Å². The van der Waals surface area contributed by atoms with Crippen molar-refractivity contribution in [2.24, 2.45) is 0 Å². The summed E-state index contributed by atoms with van der Waals surface area (Å²) in [6, 6.07) is 3.56. The molecule has 6 heteroatoms. The molecule has 1 heterocycles. The highest BCUT2D eigenvalue weighted by molar-refractivity contribution is 5.36. The average molecular weight is 240 g/mol. The van der Waals surface area contributed by atoms with Gasteiger partial charge in [0, 0.05) is 38.8 Å². The normalized spacial score (nSPS) is 17.5. The summed E-state index contributed by atoms with van der Waals surface area (Å²) in [5, 5.41) is 13.7. The Morgan fingerprint density at radius 1 is 1.59 bits per heavy atom. The van der Waals surface area contributed by atoms with Crippen LogP contribution >= 0.6 is 0 Å². The molecule has 1 fully saturated rings. The summed E-state index contributed by atoms with van der Waals surface area (Å²) in [4.78, 5) is 10.1. The Labute approximate surface area is 97.7 Å². The van der Waals surface area contributed by atoms with Crippen molar-refractivity contribution in [2.75, 3.05) is 20.2 Å². The van der Waals surface area contributed by atoms with Gasteiger partial charge < -0.3 is 10.1 Å². The number of rotatable bonds is 4. The second-order valence-electron chi connectivity index (χ2n) is 4.20. The van der Waals surface area contributed by atoms with Crippen LogP contribution in [0.5, 0.6) is 0 Å². The van der Waals surface area contributed by atoms with E-state index in [1.165, 1.54) is 6.07 Å². The van der Waals surface area contributed by atoms with E-state index in [9.17, 15) is 14.5 Å². The Hall–Kier alpha value is -1.53. The number of nitrogens with one attached hydrogen (secondary N) is 1. The molecule has 92 valence electrons. The summed E-state index contributed by atoms with van der Waals surface area (Å²) >= 11 is 0. The highest BCUT2D eigenvalue weighted by atomic mass is 19.1. The maximum Gasteiger partial charge on any atom is 0.269 e. The van der Waals surface area contributed by atoms with Crippen LogP contribution in [0.1, 0.15) is 5.56 Å². The standard InChI is InChI=1S/C11H13FN2O3/c1-17-11(6-13-7-11)5-8-4-9(14(15)16)2-3-10(8)12/h2-4,13H,5-7H2,1H3. The lowest BCUT2D eigenvalue weighted by molar-refractivity contribution is -0.385. The molecule has 1 aromatic rings. The summed E-state index contributed by atoms with van der Waals surface area (Å²) in [7, 11) is 1.57. The molecular formula is C11H13FN2O3. The van der Waals surface area contributed by atoms with E-state index in [2.05, 4.69) is 5.32 Å². The van der Waals surface area contributed by atoms with Gasteiger partial charge in [-0.05, 0) is 11.6 Å². The van der Waals surface area contributed by atoms with Crippen LogP contribution < -0.4 is 5.32 Å². The highest BCUT2D eigenvalue weighted by Crippen LogP contribution is 2.25. The number of benzene rings is 1. The third-order valence-electron chi connectivity index (χ3n) is 3.08. The second kappa shape index (κ2) is 4.38. The molecule has 2 rings (SSSR count). The summed E-state index contributed by atoms with van der Waals surface area (Å²) in [5.41, 5.74) is -0.210. The molecule has 0 aliphatic carbocycles. The summed E-state index contributed by atoms with van der Waals surface area (Å²) in [5.74, 6) is -0.432. The lowest BCUT2D eigenvalue weighted by Gasteiger charge is -2.41. The van der Waals surface area contributed by atoms with Gasteiger partial charge in [-0.15, -0.1) is 0 Å².